The Morgan fingerprint density at radius 3 is 2.43 bits per heavy atom. The molecule has 0 heterocycles. The van der Waals surface area contributed by atoms with Crippen LogP contribution in [0.5, 0.6) is 0 Å². The van der Waals surface area contributed by atoms with Crippen LogP contribution in [0.1, 0.15) is 12.5 Å². The average molecular weight is 341 g/mol. The molecular formula is C15H17ClN2O5. The lowest BCUT2D eigenvalue weighted by atomic mass is 10.2. The highest BCUT2D eigenvalue weighted by Crippen LogP contribution is 2.24. The van der Waals surface area contributed by atoms with Gasteiger partial charge < -0.3 is 20.1 Å². The van der Waals surface area contributed by atoms with Crippen LogP contribution in [0, 0.1) is 0 Å². The van der Waals surface area contributed by atoms with Crippen LogP contribution in [0.15, 0.2) is 30.0 Å². The fraction of sp³-hybridized carbons (Fsp3) is 0.267. The fourth-order valence-electron chi connectivity index (χ4n) is 1.57. The van der Waals surface area contributed by atoms with E-state index in [1.807, 2.05) is 0 Å². The number of amides is 1. The predicted molar refractivity (Wildman–Crippen MR) is 84.7 cm³/mol. The van der Waals surface area contributed by atoms with Crippen molar-refractivity contribution in [2.24, 2.45) is 0 Å². The highest BCUT2D eigenvalue weighted by atomic mass is 35.5. The van der Waals surface area contributed by atoms with Crippen molar-refractivity contribution in [2.45, 2.75) is 13.5 Å². The van der Waals surface area contributed by atoms with Gasteiger partial charge in [0, 0.05) is 13.5 Å². The summed E-state index contributed by atoms with van der Waals surface area (Å²) in [4.78, 5) is 33.9. The van der Waals surface area contributed by atoms with Gasteiger partial charge in [0.2, 0.25) is 5.91 Å². The highest BCUT2D eigenvalue weighted by Gasteiger charge is 2.14. The van der Waals surface area contributed by atoms with Crippen LogP contribution in [0.25, 0.3) is 0 Å². The van der Waals surface area contributed by atoms with Crippen molar-refractivity contribution < 1.29 is 23.9 Å². The summed E-state index contributed by atoms with van der Waals surface area (Å²) in [5, 5.41) is 5.68. The minimum absolute atomic E-state index is 0.115. The zero-order valence-corrected chi connectivity index (χ0v) is 13.7. The summed E-state index contributed by atoms with van der Waals surface area (Å²) in [5.41, 5.74) is 1.07. The summed E-state index contributed by atoms with van der Waals surface area (Å²) in [6, 6.07) is 4.97. The molecule has 0 saturated heterocycles. The molecule has 0 radical (unpaired) electrons. The number of methoxy groups -OCH3 is 2. The molecule has 124 valence electrons. The molecule has 0 aromatic heterocycles. The van der Waals surface area contributed by atoms with Crippen molar-refractivity contribution in [3.05, 3.63) is 40.6 Å². The van der Waals surface area contributed by atoms with Gasteiger partial charge in [0.15, 0.2) is 0 Å². The van der Waals surface area contributed by atoms with E-state index in [0.29, 0.717) is 17.3 Å². The second-order valence-electron chi connectivity index (χ2n) is 4.42. The van der Waals surface area contributed by atoms with Gasteiger partial charge >= 0.3 is 11.9 Å². The van der Waals surface area contributed by atoms with Crippen LogP contribution in [0.2, 0.25) is 5.02 Å². The molecule has 8 heteroatoms. The van der Waals surface area contributed by atoms with Gasteiger partial charge in [-0.2, -0.15) is 0 Å². The number of hydrogen-bond donors (Lipinski definition) is 2. The lowest BCUT2D eigenvalue weighted by molar-refractivity contribution is -0.138. The minimum Gasteiger partial charge on any atom is -0.466 e. The first kappa shape index (κ1) is 18.5. The smallest absolute Gasteiger partial charge is 0.354 e. The van der Waals surface area contributed by atoms with Gasteiger partial charge in [-0.1, -0.05) is 17.7 Å². The predicted octanol–water partition coefficient (Wildman–Crippen LogP) is 1.62. The second-order valence-corrected chi connectivity index (χ2v) is 4.83. The third-order valence-corrected chi connectivity index (χ3v) is 3.03. The fourth-order valence-corrected chi connectivity index (χ4v) is 1.82. The van der Waals surface area contributed by atoms with E-state index in [4.69, 9.17) is 11.6 Å². The molecule has 0 aliphatic heterocycles. The Labute approximate surface area is 138 Å². The molecule has 0 saturated carbocycles. The Bertz CT molecular complexity index is 643. The summed E-state index contributed by atoms with van der Waals surface area (Å²) in [6.45, 7) is 1.75. The molecule has 1 aromatic carbocycles. The topological polar surface area (TPSA) is 93.7 Å². The standard InChI is InChI=1S/C15H17ClN2O5/c1-9(19)17-8-10-4-5-12(11(16)6-10)18-13(15(21)23-3)7-14(20)22-2/h4-7,18H,8H2,1-3H3,(H,17,19)/b13-7+. The lowest BCUT2D eigenvalue weighted by Gasteiger charge is -2.12. The molecule has 0 unspecified atom stereocenters. The number of carbonyl (C=O) groups is 3. The van der Waals surface area contributed by atoms with Crippen molar-refractivity contribution in [2.75, 3.05) is 19.5 Å². The van der Waals surface area contributed by atoms with Gasteiger partial charge in [-0.3, -0.25) is 4.79 Å². The number of anilines is 1. The Kier molecular flexibility index (Phi) is 7.08. The maximum Gasteiger partial charge on any atom is 0.354 e. The number of benzene rings is 1. The van der Waals surface area contributed by atoms with Gasteiger partial charge in [-0.25, -0.2) is 9.59 Å². The number of hydrogen-bond acceptors (Lipinski definition) is 6. The van der Waals surface area contributed by atoms with Crippen molar-refractivity contribution in [3.8, 4) is 0 Å². The summed E-state index contributed by atoms with van der Waals surface area (Å²) in [7, 11) is 2.38. The van der Waals surface area contributed by atoms with Crippen LogP contribution in [-0.4, -0.2) is 32.1 Å². The Hall–Kier alpha value is -2.54. The molecule has 0 aliphatic rings. The lowest BCUT2D eigenvalue weighted by Crippen LogP contribution is -2.19. The van der Waals surface area contributed by atoms with Gasteiger partial charge in [0.1, 0.15) is 5.70 Å². The minimum atomic E-state index is -0.742. The number of rotatable bonds is 6. The molecule has 0 spiro atoms. The maximum absolute atomic E-state index is 11.7. The van der Waals surface area contributed by atoms with E-state index in [0.717, 1.165) is 11.6 Å². The van der Waals surface area contributed by atoms with Crippen molar-refractivity contribution in [1.29, 1.82) is 0 Å². The number of esters is 2. The van der Waals surface area contributed by atoms with E-state index in [-0.39, 0.29) is 11.6 Å². The molecule has 1 amide bonds. The first-order chi connectivity index (χ1) is 10.9. The molecule has 2 N–H and O–H groups in total. The molecular weight excluding hydrogens is 324 g/mol. The van der Waals surface area contributed by atoms with Crippen molar-refractivity contribution >= 4 is 35.1 Å². The Morgan fingerprint density at radius 2 is 1.91 bits per heavy atom. The van der Waals surface area contributed by atoms with Crippen molar-refractivity contribution in [1.82, 2.24) is 5.32 Å². The number of halogens is 1. The summed E-state index contributed by atoms with van der Waals surface area (Å²) >= 11 is 6.14. The molecule has 0 fully saturated rings. The summed E-state index contributed by atoms with van der Waals surface area (Å²) in [5.74, 6) is -1.61. The first-order valence-electron chi connectivity index (χ1n) is 6.55. The average Bonchev–Trinajstić information content (AvgIpc) is 2.53. The van der Waals surface area contributed by atoms with Crippen LogP contribution in [0.3, 0.4) is 0 Å². The first-order valence-corrected chi connectivity index (χ1v) is 6.93. The van der Waals surface area contributed by atoms with E-state index in [9.17, 15) is 14.4 Å². The normalized spacial score (nSPS) is 10.7. The van der Waals surface area contributed by atoms with Crippen molar-refractivity contribution in [3.63, 3.8) is 0 Å². The number of carbonyl (C=O) groups excluding carboxylic acids is 3. The third-order valence-electron chi connectivity index (χ3n) is 2.71. The Morgan fingerprint density at radius 1 is 1.22 bits per heavy atom. The van der Waals surface area contributed by atoms with Crippen LogP contribution >= 0.6 is 11.6 Å². The number of nitrogens with one attached hydrogen (secondary N) is 2. The zero-order valence-electron chi connectivity index (χ0n) is 12.9. The van der Waals surface area contributed by atoms with E-state index in [1.54, 1.807) is 18.2 Å². The largest absolute Gasteiger partial charge is 0.466 e. The SMILES string of the molecule is COC(=O)/C=C(/Nc1ccc(CNC(C)=O)cc1Cl)C(=O)OC. The Balaban J connectivity index is 2.96. The quantitative estimate of drug-likeness (QED) is 0.603. The second kappa shape index (κ2) is 8.79. The van der Waals surface area contributed by atoms with E-state index >= 15 is 0 Å². The van der Waals surface area contributed by atoms with Crippen LogP contribution < -0.4 is 10.6 Å². The third kappa shape index (κ3) is 5.99. The summed E-state index contributed by atoms with van der Waals surface area (Å²) < 4.78 is 9.07. The van der Waals surface area contributed by atoms with Gasteiger partial charge in [-0.15, -0.1) is 0 Å². The molecule has 0 aliphatic carbocycles. The molecule has 0 bridgehead atoms. The van der Waals surface area contributed by atoms with Gasteiger partial charge in [0.05, 0.1) is 31.0 Å². The molecule has 0 atom stereocenters. The van der Waals surface area contributed by atoms with E-state index in [1.165, 1.54) is 21.1 Å². The van der Waals surface area contributed by atoms with Gasteiger partial charge in [0.25, 0.3) is 0 Å². The number of ether oxygens (including phenoxy) is 2. The van der Waals surface area contributed by atoms with Gasteiger partial charge in [-0.05, 0) is 17.7 Å². The summed E-state index contributed by atoms with van der Waals surface area (Å²) in [6.07, 6.45) is 0.966. The van der Waals surface area contributed by atoms with Crippen LogP contribution in [0.4, 0.5) is 5.69 Å². The monoisotopic (exact) mass is 340 g/mol. The molecule has 23 heavy (non-hydrogen) atoms. The molecule has 1 aromatic rings. The maximum atomic E-state index is 11.7. The molecule has 7 nitrogen and oxygen atoms in total. The zero-order chi connectivity index (χ0) is 17.4. The molecule has 1 rings (SSSR count). The van der Waals surface area contributed by atoms with E-state index < -0.39 is 11.9 Å². The van der Waals surface area contributed by atoms with Crippen LogP contribution in [-0.2, 0) is 30.4 Å². The highest BCUT2D eigenvalue weighted by molar-refractivity contribution is 6.33. The van der Waals surface area contributed by atoms with E-state index in [2.05, 4.69) is 20.1 Å².